The number of pyridine rings is 1. The fourth-order valence-electron chi connectivity index (χ4n) is 8.24. The molecule has 59 heavy (non-hydrogen) atoms. The molecule has 0 saturated heterocycles. The van der Waals surface area contributed by atoms with Crippen molar-refractivity contribution < 1.29 is 30.2 Å². The first kappa shape index (κ1) is 40.1. The molecule has 0 aliphatic carbocycles. The third-order valence-electron chi connectivity index (χ3n) is 11.2. The third-order valence-corrected chi connectivity index (χ3v) is 11.2. The van der Waals surface area contributed by atoms with E-state index in [9.17, 15) is 0 Å². The molecule has 9 rings (SSSR count). The van der Waals surface area contributed by atoms with Gasteiger partial charge < -0.3 is 19.1 Å². The van der Waals surface area contributed by atoms with Crippen molar-refractivity contribution in [2.75, 3.05) is 16.3 Å². The Hall–Kier alpha value is -5.71. The Kier molecular flexibility index (Phi) is 11.2. The second kappa shape index (κ2) is 16.5. The van der Waals surface area contributed by atoms with E-state index < -0.39 is 0 Å². The molecule has 1 aliphatic rings. The van der Waals surface area contributed by atoms with E-state index in [0.29, 0.717) is 28.4 Å². The molecule has 0 N–H and O–H groups in total. The van der Waals surface area contributed by atoms with Crippen LogP contribution in [-0.2, 0) is 39.5 Å². The largest absolute Gasteiger partial charge is 0.517 e. The van der Waals surface area contributed by atoms with E-state index in [-0.39, 0.29) is 38.9 Å². The predicted octanol–water partition coefficient (Wildman–Crippen LogP) is 12.9. The number of rotatable bonds is 10. The van der Waals surface area contributed by atoms with E-state index in [0.717, 1.165) is 52.1 Å². The molecule has 0 spiro atoms. The van der Waals surface area contributed by atoms with Crippen LogP contribution in [0.3, 0.4) is 0 Å². The van der Waals surface area contributed by atoms with Gasteiger partial charge in [-0.1, -0.05) is 130 Å². The molecule has 1 aliphatic heterocycles. The maximum atomic E-state index is 16.1. The van der Waals surface area contributed by atoms with Gasteiger partial charge >= 0.3 is 0 Å². The first-order chi connectivity index (χ1) is 28.1. The fourth-order valence-corrected chi connectivity index (χ4v) is 8.24. The van der Waals surface area contributed by atoms with E-state index in [4.69, 9.17) is 9.72 Å². The minimum absolute atomic E-state index is 0. The van der Waals surface area contributed by atoms with Crippen LogP contribution < -0.4 is 14.5 Å². The topological polar surface area (TPSA) is 33.5 Å². The van der Waals surface area contributed by atoms with Crippen LogP contribution in [0.4, 0.5) is 21.5 Å². The number of hydrogen-bond donors (Lipinski definition) is 0. The second-order valence-corrected chi connectivity index (χ2v) is 16.4. The summed E-state index contributed by atoms with van der Waals surface area (Å²) in [4.78, 5) is 9.27. The average Bonchev–Trinajstić information content (AvgIpc) is 3.78. The Morgan fingerprint density at radius 2 is 1.54 bits per heavy atom. The number of hydrogen-bond acceptors (Lipinski definition) is 4. The minimum atomic E-state index is -0.362. The summed E-state index contributed by atoms with van der Waals surface area (Å²) in [6.07, 6.45) is 2.71. The van der Waals surface area contributed by atoms with E-state index in [1.54, 1.807) is 0 Å². The van der Waals surface area contributed by atoms with E-state index in [2.05, 4.69) is 148 Å². The Balaban J connectivity index is 0.00000484. The molecule has 8 aromatic rings. The van der Waals surface area contributed by atoms with Crippen LogP contribution in [0, 0.1) is 24.6 Å². The van der Waals surface area contributed by atoms with Crippen molar-refractivity contribution in [3.05, 3.63) is 187 Å². The molecular formula is C52H46FN4OPt-3. The predicted molar refractivity (Wildman–Crippen MR) is 236 cm³/mol. The zero-order valence-corrected chi connectivity index (χ0v) is 36.2. The molecule has 5 nitrogen and oxygen atoms in total. The molecule has 2 aromatic heterocycles. The number of benzene rings is 6. The molecule has 0 atom stereocenters. The molecule has 0 saturated carbocycles. The number of halogens is 1. The Bertz CT molecular complexity index is 2770. The summed E-state index contributed by atoms with van der Waals surface area (Å²) in [5.74, 6) is 1.08. The molecule has 0 radical (unpaired) electrons. The summed E-state index contributed by atoms with van der Waals surface area (Å²) in [7, 11) is 0. The number of aromatic nitrogens is 2. The molecule has 7 heteroatoms. The molecule has 0 amide bonds. The molecule has 300 valence electrons. The number of nitrogens with zero attached hydrogens (tertiary/aromatic N) is 4. The number of fused-ring (bicyclic) bond motifs is 4. The van der Waals surface area contributed by atoms with Crippen molar-refractivity contribution in [2.24, 2.45) is 0 Å². The molecule has 0 fully saturated rings. The van der Waals surface area contributed by atoms with Gasteiger partial charge in [0.15, 0.2) is 0 Å². The van der Waals surface area contributed by atoms with Gasteiger partial charge in [-0.25, -0.2) is 9.37 Å². The zero-order valence-electron chi connectivity index (χ0n) is 33.9. The monoisotopic (exact) mass is 956 g/mol. The van der Waals surface area contributed by atoms with Gasteiger partial charge in [0.05, 0.1) is 6.61 Å². The van der Waals surface area contributed by atoms with Gasteiger partial charge in [0.1, 0.15) is 5.82 Å². The Labute approximate surface area is 361 Å². The summed E-state index contributed by atoms with van der Waals surface area (Å²) in [5.41, 5.74) is 11.8. The van der Waals surface area contributed by atoms with E-state index in [1.807, 2.05) is 53.2 Å². The van der Waals surface area contributed by atoms with Crippen molar-refractivity contribution in [2.45, 2.75) is 59.0 Å². The normalized spacial score (nSPS) is 12.7. The van der Waals surface area contributed by atoms with E-state index >= 15 is 4.39 Å². The van der Waals surface area contributed by atoms with Gasteiger partial charge in [-0.2, -0.15) is 30.9 Å². The van der Waals surface area contributed by atoms with Gasteiger partial charge in [-0.05, 0) is 87.8 Å². The van der Waals surface area contributed by atoms with Crippen LogP contribution in [-0.4, -0.2) is 16.1 Å². The first-order valence-electron chi connectivity index (χ1n) is 20.1. The quantitative estimate of drug-likeness (QED) is 0.128. The number of ether oxygens (including phenoxy) is 1. The molecule has 0 bridgehead atoms. The van der Waals surface area contributed by atoms with Crippen molar-refractivity contribution >= 4 is 38.9 Å². The first-order valence-corrected chi connectivity index (χ1v) is 20.1. The van der Waals surface area contributed by atoms with Crippen molar-refractivity contribution in [1.29, 1.82) is 0 Å². The number of para-hydroxylation sites is 3. The maximum absolute atomic E-state index is 16.1. The van der Waals surface area contributed by atoms with E-state index in [1.165, 1.54) is 28.3 Å². The molecule has 0 unspecified atom stereocenters. The standard InChI is InChI=1S/C52H46FN4O.Pt/c1-35(2)41-20-14-21-42(37-16-7-6-8-17-37)43(41)26-28-55-34-56(48-24-12-11-23-47(48)55)39-18-13-15-36(29-39)33-58-40-31-45(53)51-44-19-9-10-22-46(44)57(49(51)32-40)50-30-38(25-27-54-50)52(3,4)5;/h6-25,27,30-31,34-35H,26,28,33H2,1-5H3;/q-3;. The van der Waals surface area contributed by atoms with Crippen LogP contribution >= 0.6 is 0 Å². The summed E-state index contributed by atoms with van der Waals surface area (Å²) >= 11 is 0. The van der Waals surface area contributed by atoms with Gasteiger partial charge in [0.25, 0.3) is 0 Å². The van der Waals surface area contributed by atoms with Gasteiger partial charge in [0.2, 0.25) is 0 Å². The van der Waals surface area contributed by atoms with Crippen molar-refractivity contribution in [1.82, 2.24) is 9.55 Å². The third kappa shape index (κ3) is 7.79. The fraction of sp³-hybridized carbons (Fsp3) is 0.192. The van der Waals surface area contributed by atoms with Crippen molar-refractivity contribution in [3.63, 3.8) is 0 Å². The second-order valence-electron chi connectivity index (χ2n) is 16.4. The van der Waals surface area contributed by atoms with Crippen LogP contribution in [0.15, 0.2) is 140 Å². The summed E-state index contributed by atoms with van der Waals surface area (Å²) < 4.78 is 24.4. The van der Waals surface area contributed by atoms with Gasteiger partial charge in [-0.15, -0.1) is 17.3 Å². The van der Waals surface area contributed by atoms with Gasteiger partial charge in [-0.3, -0.25) is 0 Å². The Morgan fingerprint density at radius 1 is 0.797 bits per heavy atom. The molecule has 3 heterocycles. The maximum Gasteiger partial charge on any atom is 0.135 e. The van der Waals surface area contributed by atoms with Gasteiger partial charge in [0, 0.05) is 55.7 Å². The number of anilines is 3. The van der Waals surface area contributed by atoms with Crippen LogP contribution in [0.25, 0.3) is 38.8 Å². The summed E-state index contributed by atoms with van der Waals surface area (Å²) in [5, 5.41) is 1.30. The average molecular weight is 957 g/mol. The zero-order chi connectivity index (χ0) is 40.0. The minimum Gasteiger partial charge on any atom is -0.517 e. The van der Waals surface area contributed by atoms with Crippen LogP contribution in [0.2, 0.25) is 0 Å². The van der Waals surface area contributed by atoms with Crippen LogP contribution in [0.5, 0.6) is 5.75 Å². The summed E-state index contributed by atoms with van der Waals surface area (Å²) in [6.45, 7) is 14.3. The molecule has 6 aromatic carbocycles. The summed E-state index contributed by atoms with van der Waals surface area (Å²) in [6, 6.07) is 52.4. The Morgan fingerprint density at radius 3 is 2.34 bits per heavy atom. The smallest absolute Gasteiger partial charge is 0.135 e. The SMILES string of the molecule is CC(C)c1cccc(-c2ccccc2)c1CCN1[CH-]N(c2[c-]c(COc3[c-]c4c(c(F)c3)c3ccccc3n4-c3cc(C(C)(C)C)ccn3)ccc2)c2ccccc21.[Pt]. The van der Waals surface area contributed by atoms with Crippen molar-refractivity contribution in [3.8, 4) is 22.7 Å². The molecular weight excluding hydrogens is 911 g/mol. The van der Waals surface area contributed by atoms with Crippen LogP contribution in [0.1, 0.15) is 62.8 Å².